The Labute approximate surface area is 137 Å². The number of fused-ring (bicyclic) bond motifs is 2. The number of carboxylic acid groups (broad SMARTS) is 1. The molecule has 124 valence electrons. The maximum absolute atomic E-state index is 12.7. The fraction of sp³-hybridized carbons (Fsp3) is 0.176. The van der Waals surface area contributed by atoms with Gasteiger partial charge in [-0.1, -0.05) is 6.92 Å². The molecular formula is C17H14O6S. The van der Waals surface area contributed by atoms with Gasteiger partial charge in [0.25, 0.3) is 0 Å². The van der Waals surface area contributed by atoms with Gasteiger partial charge in [-0.3, -0.25) is 4.79 Å². The molecule has 0 atom stereocenters. The highest BCUT2D eigenvalue weighted by molar-refractivity contribution is 7.91. The first-order chi connectivity index (χ1) is 11.2. The molecule has 3 aromatic rings. The van der Waals surface area contributed by atoms with Crippen LogP contribution >= 0.6 is 0 Å². The van der Waals surface area contributed by atoms with Gasteiger partial charge in [0.2, 0.25) is 5.43 Å². The lowest BCUT2D eigenvalue weighted by Crippen LogP contribution is -2.09. The van der Waals surface area contributed by atoms with Crippen LogP contribution in [0.25, 0.3) is 21.9 Å². The van der Waals surface area contributed by atoms with Gasteiger partial charge in [-0.2, -0.15) is 0 Å². The molecule has 1 aromatic heterocycles. The number of benzene rings is 2. The highest BCUT2D eigenvalue weighted by Crippen LogP contribution is 2.27. The molecule has 0 spiro atoms. The number of carboxylic acids is 1. The number of hydrogen-bond donors (Lipinski definition) is 1. The first-order valence-electron chi connectivity index (χ1n) is 7.22. The summed E-state index contributed by atoms with van der Waals surface area (Å²) in [5, 5.41) is 9.29. The standard InChI is InChI=1S/C17H14O6S/c1-3-24(21,22)14-7-9(2)6-12-15(18)11-8-10(17(19)20)4-5-13(11)23-16(12)14/h4-8H,3H2,1-2H3,(H,19,20). The van der Waals surface area contributed by atoms with Crippen LogP contribution in [0.2, 0.25) is 0 Å². The molecule has 0 amide bonds. The first-order valence-corrected chi connectivity index (χ1v) is 8.87. The van der Waals surface area contributed by atoms with Crippen molar-refractivity contribution in [2.75, 3.05) is 5.75 Å². The molecule has 0 aliphatic heterocycles. The van der Waals surface area contributed by atoms with E-state index in [9.17, 15) is 18.0 Å². The lowest BCUT2D eigenvalue weighted by atomic mass is 10.1. The highest BCUT2D eigenvalue weighted by atomic mass is 32.2. The van der Waals surface area contributed by atoms with Crippen molar-refractivity contribution in [1.82, 2.24) is 0 Å². The molecule has 0 unspecified atom stereocenters. The Morgan fingerprint density at radius 2 is 1.88 bits per heavy atom. The third kappa shape index (κ3) is 2.46. The van der Waals surface area contributed by atoms with Crippen molar-refractivity contribution >= 4 is 37.7 Å². The largest absolute Gasteiger partial charge is 0.478 e. The summed E-state index contributed by atoms with van der Waals surface area (Å²) in [5.74, 6) is -1.28. The van der Waals surface area contributed by atoms with E-state index < -0.39 is 21.2 Å². The predicted octanol–water partition coefficient (Wildman–Crippen LogP) is 2.75. The van der Waals surface area contributed by atoms with Gasteiger partial charge in [-0.05, 0) is 42.8 Å². The topological polar surface area (TPSA) is 102 Å². The Bertz CT molecular complexity index is 1160. The van der Waals surface area contributed by atoms with Crippen LogP contribution in [0.15, 0.2) is 44.4 Å². The second-order valence-electron chi connectivity index (χ2n) is 5.49. The minimum absolute atomic E-state index is 0.00280. The summed E-state index contributed by atoms with van der Waals surface area (Å²) in [5.41, 5.74) is 0.265. The zero-order valence-electron chi connectivity index (χ0n) is 13.0. The normalized spacial score (nSPS) is 11.9. The van der Waals surface area contributed by atoms with Crippen molar-refractivity contribution in [3.63, 3.8) is 0 Å². The Morgan fingerprint density at radius 3 is 2.50 bits per heavy atom. The molecule has 0 radical (unpaired) electrons. The second kappa shape index (κ2) is 5.45. The number of aromatic carboxylic acids is 1. The van der Waals surface area contributed by atoms with Crippen LogP contribution in [0.5, 0.6) is 0 Å². The predicted molar refractivity (Wildman–Crippen MR) is 89.4 cm³/mol. The fourth-order valence-electron chi connectivity index (χ4n) is 2.58. The monoisotopic (exact) mass is 346 g/mol. The van der Waals surface area contributed by atoms with Gasteiger partial charge in [-0.25, -0.2) is 13.2 Å². The van der Waals surface area contributed by atoms with E-state index in [0.29, 0.717) is 5.56 Å². The lowest BCUT2D eigenvalue weighted by Gasteiger charge is -2.09. The zero-order valence-corrected chi connectivity index (χ0v) is 13.8. The van der Waals surface area contributed by atoms with Crippen LogP contribution in [0.1, 0.15) is 22.8 Å². The minimum atomic E-state index is -3.58. The van der Waals surface area contributed by atoms with Crippen LogP contribution in [0.3, 0.4) is 0 Å². The molecule has 0 aliphatic carbocycles. The van der Waals surface area contributed by atoms with Crippen molar-refractivity contribution in [2.45, 2.75) is 18.7 Å². The van der Waals surface area contributed by atoms with Gasteiger partial charge >= 0.3 is 5.97 Å². The second-order valence-corrected chi connectivity index (χ2v) is 7.74. The molecule has 0 fully saturated rings. The maximum Gasteiger partial charge on any atom is 0.335 e. The number of aryl methyl sites for hydroxylation is 1. The fourth-order valence-corrected chi connectivity index (χ4v) is 3.70. The summed E-state index contributed by atoms with van der Waals surface area (Å²) in [6, 6.07) is 6.92. The van der Waals surface area contributed by atoms with Crippen molar-refractivity contribution in [3.05, 3.63) is 51.7 Å². The number of carbonyl (C=O) groups is 1. The Balaban J connectivity index is 2.53. The molecule has 7 heteroatoms. The molecule has 0 saturated carbocycles. The van der Waals surface area contributed by atoms with E-state index in [4.69, 9.17) is 9.52 Å². The molecule has 24 heavy (non-hydrogen) atoms. The van der Waals surface area contributed by atoms with E-state index in [1.807, 2.05) is 0 Å². The summed E-state index contributed by atoms with van der Waals surface area (Å²) in [6.07, 6.45) is 0. The van der Waals surface area contributed by atoms with Gasteiger partial charge < -0.3 is 9.52 Å². The minimum Gasteiger partial charge on any atom is -0.478 e. The molecule has 2 aromatic carbocycles. The molecule has 1 N–H and O–H groups in total. The Morgan fingerprint density at radius 1 is 1.17 bits per heavy atom. The zero-order chi connectivity index (χ0) is 17.6. The van der Waals surface area contributed by atoms with Gasteiger partial charge in [0.1, 0.15) is 10.5 Å². The van der Waals surface area contributed by atoms with Gasteiger partial charge in [0.15, 0.2) is 15.4 Å². The number of sulfone groups is 1. The molecule has 3 rings (SSSR count). The van der Waals surface area contributed by atoms with Gasteiger partial charge in [0.05, 0.1) is 22.1 Å². The van der Waals surface area contributed by atoms with Crippen molar-refractivity contribution in [3.8, 4) is 0 Å². The smallest absolute Gasteiger partial charge is 0.335 e. The van der Waals surface area contributed by atoms with Crippen molar-refractivity contribution in [1.29, 1.82) is 0 Å². The van der Waals surface area contributed by atoms with E-state index in [2.05, 4.69) is 0 Å². The summed E-state index contributed by atoms with van der Waals surface area (Å²) in [4.78, 5) is 23.8. The SMILES string of the molecule is CCS(=O)(=O)c1cc(C)cc2c(=O)c3cc(C(=O)O)ccc3oc12. The number of hydrogen-bond acceptors (Lipinski definition) is 5. The first kappa shape index (κ1) is 16.2. The summed E-state index contributed by atoms with van der Waals surface area (Å²) >= 11 is 0. The lowest BCUT2D eigenvalue weighted by molar-refractivity contribution is 0.0697. The quantitative estimate of drug-likeness (QED) is 0.732. The van der Waals surface area contributed by atoms with Crippen LogP contribution in [0, 0.1) is 6.92 Å². The average Bonchev–Trinajstić information content (AvgIpc) is 2.54. The molecule has 6 nitrogen and oxygen atoms in total. The van der Waals surface area contributed by atoms with Gasteiger partial charge in [0, 0.05) is 0 Å². The van der Waals surface area contributed by atoms with Crippen molar-refractivity contribution < 1.29 is 22.7 Å². The summed E-state index contributed by atoms with van der Waals surface area (Å²) in [6.45, 7) is 3.20. The molecule has 0 aliphatic rings. The molecule has 0 bridgehead atoms. The van der Waals surface area contributed by atoms with E-state index >= 15 is 0 Å². The maximum atomic E-state index is 12.7. The van der Waals surface area contributed by atoms with E-state index in [1.54, 1.807) is 13.0 Å². The molecular weight excluding hydrogens is 332 g/mol. The van der Waals surface area contributed by atoms with Crippen LogP contribution in [0.4, 0.5) is 0 Å². The summed E-state index contributed by atoms with van der Waals surface area (Å²) < 4.78 is 30.3. The summed E-state index contributed by atoms with van der Waals surface area (Å²) in [7, 11) is -3.58. The molecule has 0 saturated heterocycles. The van der Waals surface area contributed by atoms with Crippen molar-refractivity contribution in [2.24, 2.45) is 0 Å². The third-order valence-electron chi connectivity index (χ3n) is 3.84. The molecule has 1 heterocycles. The van der Waals surface area contributed by atoms with E-state index in [-0.39, 0.29) is 38.2 Å². The number of rotatable bonds is 3. The Kier molecular flexibility index (Phi) is 3.68. The van der Waals surface area contributed by atoms with E-state index in [0.717, 1.165) is 0 Å². The Hall–Kier alpha value is -2.67. The van der Waals surface area contributed by atoms with Gasteiger partial charge in [-0.15, -0.1) is 0 Å². The van der Waals surface area contributed by atoms with Crippen LogP contribution in [-0.2, 0) is 9.84 Å². The van der Waals surface area contributed by atoms with Crippen LogP contribution < -0.4 is 5.43 Å². The third-order valence-corrected chi connectivity index (χ3v) is 5.58. The highest BCUT2D eigenvalue weighted by Gasteiger charge is 2.21. The van der Waals surface area contributed by atoms with Crippen LogP contribution in [-0.4, -0.2) is 25.2 Å². The average molecular weight is 346 g/mol. The van der Waals surface area contributed by atoms with E-state index in [1.165, 1.54) is 31.2 Å².